The number of aryl methyl sites for hydroxylation is 2. The number of hydrogen-bond donors (Lipinski definition) is 1. The molecule has 0 spiro atoms. The molecule has 128 valence electrons. The molecule has 0 bridgehead atoms. The van der Waals surface area contributed by atoms with Crippen molar-refractivity contribution in [3.63, 3.8) is 0 Å². The zero-order valence-electron chi connectivity index (χ0n) is 15.5. The second-order valence-corrected chi connectivity index (χ2v) is 8.04. The molecule has 1 fully saturated rings. The van der Waals surface area contributed by atoms with Gasteiger partial charge < -0.3 is 4.74 Å². The van der Waals surface area contributed by atoms with Crippen LogP contribution in [-0.2, 0) is 4.74 Å². The van der Waals surface area contributed by atoms with Gasteiger partial charge in [0.15, 0.2) is 0 Å². The van der Waals surface area contributed by atoms with Gasteiger partial charge in [-0.05, 0) is 71.8 Å². The average Bonchev–Trinajstić information content (AvgIpc) is 2.39. The summed E-state index contributed by atoms with van der Waals surface area (Å²) in [6, 6.07) is 5.89. The van der Waals surface area contributed by atoms with Crippen molar-refractivity contribution in [3.05, 3.63) is 29.3 Å². The molecule has 23 heavy (non-hydrogen) atoms. The molecule has 1 amide bonds. The fraction of sp³-hybridized carbons (Fsp3) is 0.632. The van der Waals surface area contributed by atoms with Crippen molar-refractivity contribution < 1.29 is 9.53 Å². The summed E-state index contributed by atoms with van der Waals surface area (Å²) in [6.07, 6.45) is 1.25. The van der Waals surface area contributed by atoms with Crippen LogP contribution in [0.3, 0.4) is 0 Å². The highest BCUT2D eigenvalue weighted by Crippen LogP contribution is 2.38. The fourth-order valence-electron chi connectivity index (χ4n) is 3.48. The molecule has 0 saturated carbocycles. The van der Waals surface area contributed by atoms with Crippen LogP contribution in [0.1, 0.15) is 51.7 Å². The van der Waals surface area contributed by atoms with E-state index in [0.717, 1.165) is 24.1 Å². The molecule has 0 atom stereocenters. The molecule has 1 aliphatic rings. The number of rotatable bonds is 2. The van der Waals surface area contributed by atoms with E-state index in [1.165, 1.54) is 5.56 Å². The van der Waals surface area contributed by atoms with Crippen LogP contribution in [0.2, 0.25) is 0 Å². The minimum Gasteiger partial charge on any atom is -0.446 e. The average molecular weight is 318 g/mol. The Bertz CT molecular complexity index is 575. The summed E-state index contributed by atoms with van der Waals surface area (Å²) in [6.45, 7) is 12.9. The lowest BCUT2D eigenvalue weighted by Gasteiger charge is -2.53. The summed E-state index contributed by atoms with van der Waals surface area (Å²) in [5, 5.41) is 2.85. The summed E-state index contributed by atoms with van der Waals surface area (Å²) in [5.74, 6) is 0. The van der Waals surface area contributed by atoms with Crippen LogP contribution in [0.5, 0.6) is 0 Å². The normalized spacial score (nSPS) is 21.0. The number of hydrogen-bond acceptors (Lipinski definition) is 3. The van der Waals surface area contributed by atoms with Gasteiger partial charge in [0.1, 0.15) is 6.10 Å². The molecule has 4 heteroatoms. The summed E-state index contributed by atoms with van der Waals surface area (Å²) >= 11 is 0. The van der Waals surface area contributed by atoms with Gasteiger partial charge in [-0.3, -0.25) is 10.2 Å². The number of likely N-dealkylation sites (tertiary alicyclic amines) is 1. The molecule has 2 rings (SSSR count). The van der Waals surface area contributed by atoms with E-state index >= 15 is 0 Å². The molecule has 1 aliphatic heterocycles. The molecule has 0 unspecified atom stereocenters. The number of anilines is 1. The van der Waals surface area contributed by atoms with Crippen molar-refractivity contribution >= 4 is 11.8 Å². The first-order valence-corrected chi connectivity index (χ1v) is 8.30. The van der Waals surface area contributed by atoms with E-state index in [2.05, 4.69) is 51.9 Å². The summed E-state index contributed by atoms with van der Waals surface area (Å²) in [4.78, 5) is 14.6. The van der Waals surface area contributed by atoms with Crippen LogP contribution in [0.25, 0.3) is 0 Å². The van der Waals surface area contributed by atoms with Gasteiger partial charge in [0.05, 0.1) is 0 Å². The number of carbonyl (C=O) groups excluding carboxylic acids is 1. The minimum absolute atomic E-state index is 0.00709. The third-order valence-electron chi connectivity index (χ3n) is 5.30. The highest BCUT2D eigenvalue weighted by atomic mass is 16.6. The number of nitrogens with zero attached hydrogens (tertiary/aromatic N) is 1. The van der Waals surface area contributed by atoms with Gasteiger partial charge in [-0.2, -0.15) is 0 Å². The largest absolute Gasteiger partial charge is 0.446 e. The van der Waals surface area contributed by atoms with E-state index < -0.39 is 0 Å². The number of carbonyl (C=O) groups is 1. The Balaban J connectivity index is 2.01. The van der Waals surface area contributed by atoms with Crippen molar-refractivity contribution in [2.24, 2.45) is 0 Å². The molecule has 1 saturated heterocycles. The number of ether oxygens (including phenoxy) is 1. The lowest BCUT2D eigenvalue weighted by molar-refractivity contribution is -0.0659. The van der Waals surface area contributed by atoms with Crippen molar-refractivity contribution in [2.75, 3.05) is 12.4 Å². The first-order valence-electron chi connectivity index (χ1n) is 8.30. The maximum Gasteiger partial charge on any atom is 0.411 e. The predicted octanol–water partition coefficient (Wildman–Crippen LogP) is 4.50. The van der Waals surface area contributed by atoms with E-state index in [-0.39, 0.29) is 23.3 Å². The van der Waals surface area contributed by atoms with Gasteiger partial charge in [0.2, 0.25) is 0 Å². The van der Waals surface area contributed by atoms with Crippen LogP contribution in [-0.4, -0.2) is 35.2 Å². The Hall–Kier alpha value is -1.55. The molecule has 4 nitrogen and oxygen atoms in total. The molecular formula is C19H30N2O2. The Labute approximate surface area is 140 Å². The lowest BCUT2D eigenvalue weighted by Crippen LogP contribution is -2.60. The maximum atomic E-state index is 12.2. The zero-order valence-corrected chi connectivity index (χ0v) is 15.5. The SMILES string of the molecule is Cc1ccc(NC(=O)OC2CC(C)(C)N(C)C(C)(C)C2)cc1C. The number of piperidine rings is 1. The quantitative estimate of drug-likeness (QED) is 0.872. The molecule has 0 radical (unpaired) electrons. The van der Waals surface area contributed by atoms with Gasteiger partial charge in [-0.15, -0.1) is 0 Å². The lowest BCUT2D eigenvalue weighted by atomic mass is 9.79. The molecule has 1 heterocycles. The van der Waals surface area contributed by atoms with Crippen LogP contribution in [0, 0.1) is 13.8 Å². The zero-order chi connectivity index (χ0) is 17.4. The number of nitrogens with one attached hydrogen (secondary N) is 1. The number of benzene rings is 1. The smallest absolute Gasteiger partial charge is 0.411 e. The third kappa shape index (κ3) is 4.05. The van der Waals surface area contributed by atoms with Crippen molar-refractivity contribution in [2.45, 2.75) is 71.6 Å². The van der Waals surface area contributed by atoms with Gasteiger partial charge in [0.25, 0.3) is 0 Å². The van der Waals surface area contributed by atoms with Crippen LogP contribution in [0.4, 0.5) is 10.5 Å². The topological polar surface area (TPSA) is 41.6 Å². The second kappa shape index (κ2) is 6.16. The predicted molar refractivity (Wildman–Crippen MR) is 95.0 cm³/mol. The van der Waals surface area contributed by atoms with Crippen LogP contribution < -0.4 is 5.32 Å². The Morgan fingerprint density at radius 3 is 2.22 bits per heavy atom. The maximum absolute atomic E-state index is 12.2. The van der Waals surface area contributed by atoms with E-state index in [0.29, 0.717) is 0 Å². The van der Waals surface area contributed by atoms with E-state index in [1.54, 1.807) is 0 Å². The Morgan fingerprint density at radius 1 is 1.13 bits per heavy atom. The van der Waals surface area contributed by atoms with Gasteiger partial charge in [-0.1, -0.05) is 6.07 Å². The highest BCUT2D eigenvalue weighted by Gasteiger charge is 2.44. The molecule has 0 aromatic heterocycles. The first-order chi connectivity index (χ1) is 10.5. The van der Waals surface area contributed by atoms with E-state index in [9.17, 15) is 4.79 Å². The molecule has 1 aromatic rings. The fourth-order valence-corrected chi connectivity index (χ4v) is 3.48. The monoisotopic (exact) mass is 318 g/mol. The van der Waals surface area contributed by atoms with Crippen molar-refractivity contribution in [1.82, 2.24) is 4.90 Å². The van der Waals surface area contributed by atoms with Crippen molar-refractivity contribution in [1.29, 1.82) is 0 Å². The Kier molecular flexibility index (Phi) is 4.76. The van der Waals surface area contributed by atoms with Gasteiger partial charge in [0, 0.05) is 29.6 Å². The first kappa shape index (κ1) is 17.8. The standard InChI is InChI=1S/C19H30N2O2/c1-13-8-9-15(10-14(13)2)20-17(22)23-16-11-18(3,4)21(7)19(5,6)12-16/h8-10,16H,11-12H2,1-7H3,(H,20,22). The molecule has 1 aromatic carbocycles. The molecule has 1 N–H and O–H groups in total. The van der Waals surface area contributed by atoms with E-state index in [1.807, 2.05) is 25.1 Å². The second-order valence-electron chi connectivity index (χ2n) is 8.04. The van der Waals surface area contributed by atoms with Gasteiger partial charge in [-0.25, -0.2) is 4.79 Å². The minimum atomic E-state index is -0.366. The van der Waals surface area contributed by atoms with Crippen LogP contribution in [0.15, 0.2) is 18.2 Å². The van der Waals surface area contributed by atoms with Gasteiger partial charge >= 0.3 is 6.09 Å². The highest BCUT2D eigenvalue weighted by molar-refractivity contribution is 5.84. The Morgan fingerprint density at radius 2 is 1.70 bits per heavy atom. The van der Waals surface area contributed by atoms with E-state index in [4.69, 9.17) is 4.74 Å². The molecule has 0 aliphatic carbocycles. The van der Waals surface area contributed by atoms with Crippen LogP contribution >= 0.6 is 0 Å². The number of amides is 1. The third-order valence-corrected chi connectivity index (χ3v) is 5.30. The van der Waals surface area contributed by atoms with Crippen molar-refractivity contribution in [3.8, 4) is 0 Å². The summed E-state index contributed by atoms with van der Waals surface area (Å²) < 4.78 is 5.71. The molecular weight excluding hydrogens is 288 g/mol. The summed E-state index contributed by atoms with van der Waals surface area (Å²) in [5.41, 5.74) is 3.16. The summed E-state index contributed by atoms with van der Waals surface area (Å²) in [7, 11) is 2.14.